The van der Waals surface area contributed by atoms with Crippen LogP contribution in [0.25, 0.3) is 11.2 Å². The van der Waals surface area contributed by atoms with E-state index in [4.69, 9.17) is 9.15 Å². The van der Waals surface area contributed by atoms with Gasteiger partial charge in [-0.05, 0) is 19.9 Å². The standard InChI is InChI=1S/C12H9NO5/c1-4(2)17-12(16)5-3-6-7-8(9(5)18-6)11(15)13-10(7)14/h3-4H,1-2H3,(H,13,14,15). The highest BCUT2D eigenvalue weighted by atomic mass is 16.5. The first-order valence-corrected chi connectivity index (χ1v) is 5.44. The molecule has 0 spiro atoms. The molecule has 2 aromatic rings. The Hall–Kier alpha value is -2.37. The molecule has 0 aliphatic carbocycles. The maximum atomic E-state index is 11.8. The predicted octanol–water partition coefficient (Wildman–Crippen LogP) is 1.32. The maximum absolute atomic E-state index is 11.8. The molecule has 92 valence electrons. The molecule has 18 heavy (non-hydrogen) atoms. The van der Waals surface area contributed by atoms with Crippen molar-refractivity contribution in [2.45, 2.75) is 20.0 Å². The molecule has 2 bridgehead atoms. The topological polar surface area (TPSA) is 85.6 Å². The summed E-state index contributed by atoms with van der Waals surface area (Å²) in [5, 5.41) is 2.16. The van der Waals surface area contributed by atoms with Crippen molar-refractivity contribution in [1.82, 2.24) is 5.32 Å². The molecule has 3 rings (SSSR count). The van der Waals surface area contributed by atoms with Crippen LogP contribution in [0.15, 0.2) is 10.5 Å². The number of amides is 2. The minimum atomic E-state index is -0.561. The number of fused-ring (bicyclic) bond motifs is 5. The van der Waals surface area contributed by atoms with E-state index in [1.54, 1.807) is 13.8 Å². The number of hydrogen-bond donors (Lipinski definition) is 1. The summed E-state index contributed by atoms with van der Waals surface area (Å²) in [4.78, 5) is 34.8. The van der Waals surface area contributed by atoms with Crippen molar-refractivity contribution >= 4 is 28.9 Å². The maximum Gasteiger partial charge on any atom is 0.342 e. The molecule has 0 atom stereocenters. The second kappa shape index (κ2) is 3.32. The molecule has 1 aliphatic heterocycles. The van der Waals surface area contributed by atoms with Crippen LogP contribution in [0.1, 0.15) is 44.9 Å². The third kappa shape index (κ3) is 1.25. The van der Waals surface area contributed by atoms with Gasteiger partial charge in [0, 0.05) is 0 Å². The smallest absolute Gasteiger partial charge is 0.342 e. The number of carbonyl (C=O) groups is 3. The first-order valence-electron chi connectivity index (χ1n) is 5.44. The Morgan fingerprint density at radius 3 is 2.61 bits per heavy atom. The summed E-state index contributed by atoms with van der Waals surface area (Å²) in [7, 11) is 0. The van der Waals surface area contributed by atoms with Gasteiger partial charge in [0.25, 0.3) is 11.8 Å². The van der Waals surface area contributed by atoms with Crippen LogP contribution in [-0.4, -0.2) is 23.9 Å². The van der Waals surface area contributed by atoms with Gasteiger partial charge < -0.3 is 9.15 Å². The lowest BCUT2D eigenvalue weighted by Gasteiger charge is -2.06. The van der Waals surface area contributed by atoms with Crippen molar-refractivity contribution in [3.05, 3.63) is 22.8 Å². The van der Waals surface area contributed by atoms with Crippen LogP contribution in [-0.2, 0) is 4.74 Å². The zero-order valence-corrected chi connectivity index (χ0v) is 9.70. The summed E-state index contributed by atoms with van der Waals surface area (Å²) in [5.74, 6) is -1.59. The van der Waals surface area contributed by atoms with Crippen LogP contribution in [0.2, 0.25) is 0 Å². The normalized spacial score (nSPS) is 14.4. The Bertz CT molecular complexity index is 682. The van der Waals surface area contributed by atoms with Gasteiger partial charge in [0.1, 0.15) is 11.1 Å². The third-order valence-electron chi connectivity index (χ3n) is 2.70. The fraction of sp³-hybridized carbons (Fsp3) is 0.250. The van der Waals surface area contributed by atoms with Crippen LogP contribution in [0.5, 0.6) is 0 Å². The number of hydrogen-bond acceptors (Lipinski definition) is 5. The Labute approximate surface area is 101 Å². The van der Waals surface area contributed by atoms with Gasteiger partial charge in [-0.3, -0.25) is 14.9 Å². The summed E-state index contributed by atoms with van der Waals surface area (Å²) in [5.41, 5.74) is 0.875. The van der Waals surface area contributed by atoms with Gasteiger partial charge in [0.05, 0.1) is 17.2 Å². The highest BCUT2D eigenvalue weighted by Crippen LogP contribution is 2.35. The summed E-state index contributed by atoms with van der Waals surface area (Å²) in [6.07, 6.45) is -0.268. The van der Waals surface area contributed by atoms with E-state index in [-0.39, 0.29) is 34.0 Å². The molecule has 0 aromatic carbocycles. The van der Waals surface area contributed by atoms with Crippen molar-refractivity contribution in [3.63, 3.8) is 0 Å². The van der Waals surface area contributed by atoms with Gasteiger partial charge >= 0.3 is 5.97 Å². The molecule has 2 aromatic heterocycles. The number of esters is 1. The van der Waals surface area contributed by atoms with Gasteiger partial charge in [-0.1, -0.05) is 0 Å². The number of benzene rings is 1. The van der Waals surface area contributed by atoms with Gasteiger partial charge in [-0.25, -0.2) is 4.79 Å². The van der Waals surface area contributed by atoms with Gasteiger partial charge in [-0.15, -0.1) is 0 Å². The SMILES string of the molecule is CC(C)OC(=O)c1cc2oc1c1c2C(=O)NC1=O. The summed E-state index contributed by atoms with van der Waals surface area (Å²) < 4.78 is 10.3. The number of furan rings is 2. The van der Waals surface area contributed by atoms with Gasteiger partial charge in [0.2, 0.25) is 0 Å². The first-order chi connectivity index (χ1) is 8.49. The molecule has 1 N–H and O–H groups in total. The molecule has 1 aliphatic rings. The molecule has 0 radical (unpaired) electrons. The molecule has 0 unspecified atom stereocenters. The van der Waals surface area contributed by atoms with Crippen molar-refractivity contribution in [2.75, 3.05) is 0 Å². The highest BCUT2D eigenvalue weighted by Gasteiger charge is 2.38. The first kappa shape index (κ1) is 10.8. The second-order valence-corrected chi connectivity index (χ2v) is 4.34. The minimum Gasteiger partial charge on any atom is -0.459 e. The monoisotopic (exact) mass is 247 g/mol. The van der Waals surface area contributed by atoms with Crippen molar-refractivity contribution < 1.29 is 23.5 Å². The van der Waals surface area contributed by atoms with E-state index in [0.717, 1.165) is 0 Å². The van der Waals surface area contributed by atoms with Crippen LogP contribution >= 0.6 is 0 Å². The number of imide groups is 1. The molecular weight excluding hydrogens is 238 g/mol. The number of nitrogens with one attached hydrogen (secondary N) is 1. The van der Waals surface area contributed by atoms with Crippen molar-refractivity contribution in [2.24, 2.45) is 0 Å². The van der Waals surface area contributed by atoms with E-state index in [2.05, 4.69) is 5.32 Å². The highest BCUT2D eigenvalue weighted by molar-refractivity contribution is 6.29. The van der Waals surface area contributed by atoms with E-state index >= 15 is 0 Å². The fourth-order valence-electron chi connectivity index (χ4n) is 2.04. The molecular formula is C12H9NO5. The fourth-order valence-corrected chi connectivity index (χ4v) is 2.04. The molecule has 6 nitrogen and oxygen atoms in total. The largest absolute Gasteiger partial charge is 0.459 e. The average Bonchev–Trinajstić information content (AvgIpc) is 2.90. The second-order valence-electron chi connectivity index (χ2n) is 4.34. The molecule has 2 amide bonds. The quantitative estimate of drug-likeness (QED) is 0.639. The van der Waals surface area contributed by atoms with Crippen molar-refractivity contribution in [3.8, 4) is 0 Å². The van der Waals surface area contributed by atoms with Crippen LogP contribution < -0.4 is 5.32 Å². The Morgan fingerprint density at radius 2 is 1.94 bits per heavy atom. The lowest BCUT2D eigenvalue weighted by molar-refractivity contribution is 0.0380. The number of carbonyl (C=O) groups excluding carboxylic acids is 3. The van der Waals surface area contributed by atoms with E-state index in [0.29, 0.717) is 0 Å². The summed E-state index contributed by atoms with van der Waals surface area (Å²) >= 11 is 0. The Morgan fingerprint density at radius 1 is 1.28 bits per heavy atom. The number of ether oxygens (including phenoxy) is 1. The van der Waals surface area contributed by atoms with Gasteiger partial charge in [-0.2, -0.15) is 0 Å². The lowest BCUT2D eigenvalue weighted by Crippen LogP contribution is -2.20. The Balaban J connectivity index is 2.12. The van der Waals surface area contributed by atoms with Crippen LogP contribution in [0, 0.1) is 0 Å². The molecule has 0 saturated carbocycles. The van der Waals surface area contributed by atoms with E-state index < -0.39 is 17.8 Å². The molecule has 6 heteroatoms. The predicted molar refractivity (Wildman–Crippen MR) is 59.7 cm³/mol. The molecule has 0 fully saturated rings. The summed E-state index contributed by atoms with van der Waals surface area (Å²) in [6, 6.07) is 1.43. The lowest BCUT2D eigenvalue weighted by atomic mass is 10.1. The van der Waals surface area contributed by atoms with Crippen LogP contribution in [0.3, 0.4) is 0 Å². The van der Waals surface area contributed by atoms with Gasteiger partial charge in [0.15, 0.2) is 5.58 Å². The zero-order valence-electron chi connectivity index (χ0n) is 9.70. The third-order valence-corrected chi connectivity index (χ3v) is 2.70. The van der Waals surface area contributed by atoms with E-state index in [1.807, 2.05) is 0 Å². The van der Waals surface area contributed by atoms with Crippen molar-refractivity contribution in [1.29, 1.82) is 0 Å². The van der Waals surface area contributed by atoms with Crippen LogP contribution in [0.4, 0.5) is 0 Å². The Kier molecular flexibility index (Phi) is 1.98. The van der Waals surface area contributed by atoms with E-state index in [9.17, 15) is 14.4 Å². The average molecular weight is 247 g/mol. The summed E-state index contributed by atoms with van der Waals surface area (Å²) in [6.45, 7) is 3.45. The minimum absolute atomic E-state index is 0.119. The molecule has 3 heterocycles. The molecule has 0 saturated heterocycles. The number of rotatable bonds is 2. The zero-order chi connectivity index (χ0) is 13.0. The van der Waals surface area contributed by atoms with E-state index in [1.165, 1.54) is 6.07 Å².